The van der Waals surface area contributed by atoms with Gasteiger partial charge >= 0.3 is 0 Å². The van der Waals surface area contributed by atoms with Crippen molar-refractivity contribution in [3.05, 3.63) is 34.9 Å². The van der Waals surface area contributed by atoms with E-state index in [0.29, 0.717) is 31.3 Å². The predicted molar refractivity (Wildman–Crippen MR) is 122 cm³/mol. The molecule has 0 amide bonds. The van der Waals surface area contributed by atoms with Crippen molar-refractivity contribution in [3.63, 3.8) is 0 Å². The number of aryl methyl sites for hydroxylation is 1. The lowest BCUT2D eigenvalue weighted by Gasteiger charge is -2.55. The van der Waals surface area contributed by atoms with Gasteiger partial charge in [0.05, 0.1) is 25.4 Å². The van der Waals surface area contributed by atoms with Gasteiger partial charge in [-0.3, -0.25) is 0 Å². The summed E-state index contributed by atoms with van der Waals surface area (Å²) >= 11 is 0. The molecule has 0 saturated heterocycles. The molecule has 5 atom stereocenters. The van der Waals surface area contributed by atoms with Crippen molar-refractivity contribution in [1.29, 1.82) is 0 Å². The molecule has 176 valence electrons. The standard InChI is InChI=1S/C26H42O5/c1-18(2)19-6-10-23-20(14-19)7-11-24-25(3,12-5-13-26(23,24)4)17-31-30-16-22(29)9-8-21(28)15-27/h6,10,14,18,21-22,24,27-29H,5,7-9,11-13,15-17H2,1-4H3. The van der Waals surface area contributed by atoms with Gasteiger partial charge in [-0.15, -0.1) is 0 Å². The Labute approximate surface area is 187 Å². The van der Waals surface area contributed by atoms with Gasteiger partial charge in [0.2, 0.25) is 0 Å². The molecule has 0 radical (unpaired) electrons. The minimum atomic E-state index is -0.791. The van der Waals surface area contributed by atoms with E-state index >= 15 is 0 Å². The molecule has 0 aliphatic heterocycles. The number of rotatable bonds is 10. The Bertz CT molecular complexity index is 720. The van der Waals surface area contributed by atoms with Gasteiger partial charge in [-0.25, -0.2) is 9.78 Å². The second-order valence-corrected chi connectivity index (χ2v) is 10.7. The van der Waals surface area contributed by atoms with Crippen LogP contribution in [0.2, 0.25) is 0 Å². The Balaban J connectivity index is 1.60. The molecule has 2 aliphatic rings. The molecule has 1 aromatic rings. The van der Waals surface area contributed by atoms with E-state index in [1.807, 2.05) is 0 Å². The zero-order valence-electron chi connectivity index (χ0n) is 19.8. The molecule has 5 heteroatoms. The summed E-state index contributed by atoms with van der Waals surface area (Å²) in [7, 11) is 0. The highest BCUT2D eigenvalue weighted by molar-refractivity contribution is 5.42. The maximum absolute atomic E-state index is 10.00. The Morgan fingerprint density at radius 1 is 1.06 bits per heavy atom. The Morgan fingerprint density at radius 2 is 1.81 bits per heavy atom. The molecule has 5 unspecified atom stereocenters. The summed E-state index contributed by atoms with van der Waals surface area (Å²) in [5.74, 6) is 1.10. The molecule has 1 aromatic carbocycles. The van der Waals surface area contributed by atoms with Crippen LogP contribution in [0.3, 0.4) is 0 Å². The molecular weight excluding hydrogens is 392 g/mol. The quantitative estimate of drug-likeness (QED) is 0.291. The fourth-order valence-corrected chi connectivity index (χ4v) is 6.04. The third-order valence-corrected chi connectivity index (χ3v) is 7.94. The monoisotopic (exact) mass is 434 g/mol. The van der Waals surface area contributed by atoms with Crippen molar-refractivity contribution in [1.82, 2.24) is 0 Å². The highest BCUT2D eigenvalue weighted by Gasteiger charge is 2.52. The SMILES string of the molecule is CC(C)c1ccc2c(c1)CCC1C(C)(COOCC(O)CCC(O)CO)CCCC21C. The lowest BCUT2D eigenvalue weighted by atomic mass is 9.50. The molecule has 0 heterocycles. The van der Waals surface area contributed by atoms with Gasteiger partial charge in [0.1, 0.15) is 6.61 Å². The van der Waals surface area contributed by atoms with Gasteiger partial charge in [-0.1, -0.05) is 52.3 Å². The second kappa shape index (κ2) is 10.3. The fourth-order valence-electron chi connectivity index (χ4n) is 6.04. The van der Waals surface area contributed by atoms with E-state index in [4.69, 9.17) is 14.9 Å². The Kier molecular flexibility index (Phi) is 8.20. The molecule has 5 nitrogen and oxygen atoms in total. The first kappa shape index (κ1) is 24.7. The molecule has 3 N–H and O–H groups in total. The summed E-state index contributed by atoms with van der Waals surface area (Å²) in [6, 6.07) is 7.14. The van der Waals surface area contributed by atoms with E-state index in [1.165, 1.54) is 36.0 Å². The maximum atomic E-state index is 10.00. The summed E-state index contributed by atoms with van der Waals surface area (Å²) in [6.45, 7) is 9.62. The van der Waals surface area contributed by atoms with Crippen LogP contribution >= 0.6 is 0 Å². The van der Waals surface area contributed by atoms with Gasteiger partial charge in [0, 0.05) is 0 Å². The average Bonchev–Trinajstić information content (AvgIpc) is 2.74. The number of hydrogen-bond donors (Lipinski definition) is 3. The van der Waals surface area contributed by atoms with Crippen LogP contribution in [0.1, 0.15) is 88.8 Å². The molecule has 0 bridgehead atoms. The van der Waals surface area contributed by atoms with Crippen LogP contribution < -0.4 is 0 Å². The second-order valence-electron chi connectivity index (χ2n) is 10.7. The van der Waals surface area contributed by atoms with Crippen LogP contribution in [0.5, 0.6) is 0 Å². The van der Waals surface area contributed by atoms with Crippen molar-refractivity contribution in [2.24, 2.45) is 11.3 Å². The molecule has 0 aromatic heterocycles. The number of hydrogen-bond acceptors (Lipinski definition) is 5. The summed E-state index contributed by atoms with van der Waals surface area (Å²) in [5, 5.41) is 28.3. The summed E-state index contributed by atoms with van der Waals surface area (Å²) in [4.78, 5) is 11.0. The third-order valence-electron chi connectivity index (χ3n) is 7.94. The van der Waals surface area contributed by atoms with Crippen molar-refractivity contribution >= 4 is 0 Å². The van der Waals surface area contributed by atoms with Crippen LogP contribution in [-0.4, -0.2) is 47.3 Å². The molecule has 3 rings (SSSR count). The van der Waals surface area contributed by atoms with Crippen molar-refractivity contribution < 1.29 is 25.1 Å². The average molecular weight is 435 g/mol. The number of fused-ring (bicyclic) bond motifs is 3. The van der Waals surface area contributed by atoms with Crippen molar-refractivity contribution in [2.45, 2.75) is 96.2 Å². The lowest BCUT2D eigenvalue weighted by Crippen LogP contribution is -2.51. The third kappa shape index (κ3) is 5.51. The van der Waals surface area contributed by atoms with Crippen LogP contribution in [0, 0.1) is 11.3 Å². The predicted octanol–water partition coefficient (Wildman–Crippen LogP) is 4.26. The molecule has 2 aliphatic carbocycles. The highest BCUT2D eigenvalue weighted by atomic mass is 17.2. The van der Waals surface area contributed by atoms with E-state index in [-0.39, 0.29) is 24.0 Å². The largest absolute Gasteiger partial charge is 0.394 e. The smallest absolute Gasteiger partial charge is 0.108 e. The molecule has 1 fully saturated rings. The Morgan fingerprint density at radius 3 is 2.52 bits per heavy atom. The molecule has 31 heavy (non-hydrogen) atoms. The van der Waals surface area contributed by atoms with E-state index in [9.17, 15) is 10.2 Å². The minimum absolute atomic E-state index is 0.0411. The maximum Gasteiger partial charge on any atom is 0.108 e. The van der Waals surface area contributed by atoms with Crippen LogP contribution in [0.25, 0.3) is 0 Å². The topological polar surface area (TPSA) is 79.2 Å². The van der Waals surface area contributed by atoms with Gasteiger partial charge in [0.25, 0.3) is 0 Å². The molecule has 1 saturated carbocycles. The van der Waals surface area contributed by atoms with E-state index < -0.39 is 12.2 Å². The van der Waals surface area contributed by atoms with E-state index in [2.05, 4.69) is 45.9 Å². The highest BCUT2D eigenvalue weighted by Crippen LogP contribution is 2.57. The first-order valence-corrected chi connectivity index (χ1v) is 12.0. The number of aliphatic hydroxyl groups excluding tert-OH is 3. The summed E-state index contributed by atoms with van der Waals surface area (Å²) < 4.78 is 0. The van der Waals surface area contributed by atoms with Crippen LogP contribution in [0.4, 0.5) is 0 Å². The normalized spacial score (nSPS) is 30.0. The van der Waals surface area contributed by atoms with Gasteiger partial charge in [0.15, 0.2) is 0 Å². The molecule has 0 spiro atoms. The van der Waals surface area contributed by atoms with Gasteiger partial charge in [-0.2, -0.15) is 0 Å². The zero-order chi connectivity index (χ0) is 22.6. The minimum Gasteiger partial charge on any atom is -0.394 e. The van der Waals surface area contributed by atoms with Crippen LogP contribution in [-0.2, 0) is 21.6 Å². The number of benzene rings is 1. The van der Waals surface area contributed by atoms with E-state index in [0.717, 1.165) is 12.8 Å². The molecular formula is C26H42O5. The van der Waals surface area contributed by atoms with Crippen LogP contribution in [0.15, 0.2) is 18.2 Å². The zero-order valence-corrected chi connectivity index (χ0v) is 19.8. The summed E-state index contributed by atoms with van der Waals surface area (Å²) in [6.07, 6.45) is 5.04. The van der Waals surface area contributed by atoms with Crippen molar-refractivity contribution in [3.8, 4) is 0 Å². The summed E-state index contributed by atoms with van der Waals surface area (Å²) in [5.41, 5.74) is 4.69. The fraction of sp³-hybridized carbons (Fsp3) is 0.769. The Hall–Kier alpha value is -0.980. The van der Waals surface area contributed by atoms with E-state index in [1.54, 1.807) is 0 Å². The van der Waals surface area contributed by atoms with Gasteiger partial charge < -0.3 is 15.3 Å². The van der Waals surface area contributed by atoms with Gasteiger partial charge in [-0.05, 0) is 77.9 Å². The lowest BCUT2D eigenvalue weighted by molar-refractivity contribution is -0.325. The first-order chi connectivity index (χ1) is 14.7. The first-order valence-electron chi connectivity index (χ1n) is 12.0. The van der Waals surface area contributed by atoms with Crippen molar-refractivity contribution in [2.75, 3.05) is 19.8 Å². The number of aliphatic hydroxyl groups is 3.